The van der Waals surface area contributed by atoms with Crippen molar-refractivity contribution >= 4 is 5.91 Å². The van der Waals surface area contributed by atoms with Gasteiger partial charge in [-0.1, -0.05) is 13.3 Å². The molecular weight excluding hydrogens is 188 g/mol. The van der Waals surface area contributed by atoms with Crippen molar-refractivity contribution < 1.29 is 4.79 Å². The number of carbonyl (C=O) groups excluding carboxylic acids is 1. The molecule has 2 fully saturated rings. The first kappa shape index (κ1) is 10.9. The van der Waals surface area contributed by atoms with Gasteiger partial charge in [0.25, 0.3) is 0 Å². The topological polar surface area (TPSA) is 32.3 Å². The maximum Gasteiger partial charge on any atom is 0.226 e. The standard InChI is InChI=1S/C12H22N2O/c1-9-4-3-5-11(9)12(15)14-7-6-10(8-14)13-2/h9-11,13H,3-8H2,1-2H3. The number of likely N-dealkylation sites (tertiary alicyclic amines) is 1. The van der Waals surface area contributed by atoms with Gasteiger partial charge in [0.2, 0.25) is 5.91 Å². The molecule has 0 spiro atoms. The minimum atomic E-state index is 0.320. The predicted molar refractivity (Wildman–Crippen MR) is 60.5 cm³/mol. The third-order valence-electron chi connectivity index (χ3n) is 4.09. The van der Waals surface area contributed by atoms with E-state index in [1.165, 1.54) is 12.8 Å². The third-order valence-corrected chi connectivity index (χ3v) is 4.09. The fraction of sp³-hybridized carbons (Fsp3) is 0.917. The highest BCUT2D eigenvalue weighted by Crippen LogP contribution is 2.33. The second-order valence-corrected chi connectivity index (χ2v) is 5.07. The van der Waals surface area contributed by atoms with Gasteiger partial charge in [-0.3, -0.25) is 4.79 Å². The molecule has 1 aliphatic carbocycles. The quantitative estimate of drug-likeness (QED) is 0.744. The molecule has 86 valence electrons. The Morgan fingerprint density at radius 2 is 2.13 bits per heavy atom. The van der Waals surface area contributed by atoms with Crippen molar-refractivity contribution in [3.8, 4) is 0 Å². The molecule has 3 atom stereocenters. The Kier molecular flexibility index (Phi) is 3.29. The number of amides is 1. The third kappa shape index (κ3) is 2.17. The second-order valence-electron chi connectivity index (χ2n) is 5.07. The maximum atomic E-state index is 12.2. The summed E-state index contributed by atoms with van der Waals surface area (Å²) in [6.45, 7) is 4.09. The van der Waals surface area contributed by atoms with Gasteiger partial charge in [-0.25, -0.2) is 0 Å². The highest BCUT2D eigenvalue weighted by atomic mass is 16.2. The molecule has 15 heavy (non-hydrogen) atoms. The molecule has 3 unspecified atom stereocenters. The van der Waals surface area contributed by atoms with Crippen LogP contribution >= 0.6 is 0 Å². The van der Waals surface area contributed by atoms with Crippen molar-refractivity contribution in [3.63, 3.8) is 0 Å². The smallest absolute Gasteiger partial charge is 0.226 e. The summed E-state index contributed by atoms with van der Waals surface area (Å²) in [5.41, 5.74) is 0. The first-order valence-electron chi connectivity index (χ1n) is 6.18. The molecule has 0 aromatic heterocycles. The first-order chi connectivity index (χ1) is 7.22. The van der Waals surface area contributed by atoms with E-state index in [2.05, 4.69) is 17.1 Å². The van der Waals surface area contributed by atoms with Crippen LogP contribution in [0.2, 0.25) is 0 Å². The molecule has 1 aliphatic heterocycles. The number of likely N-dealkylation sites (N-methyl/N-ethyl adjacent to an activating group) is 1. The van der Waals surface area contributed by atoms with E-state index in [4.69, 9.17) is 0 Å². The second kappa shape index (κ2) is 4.52. The summed E-state index contributed by atoms with van der Waals surface area (Å²) in [6, 6.07) is 0.519. The van der Waals surface area contributed by atoms with E-state index < -0.39 is 0 Å². The van der Waals surface area contributed by atoms with Crippen molar-refractivity contribution in [2.45, 2.75) is 38.6 Å². The molecule has 2 aliphatic rings. The molecule has 2 rings (SSSR count). The van der Waals surface area contributed by atoms with Crippen molar-refractivity contribution in [1.82, 2.24) is 10.2 Å². The number of hydrogen-bond donors (Lipinski definition) is 1. The van der Waals surface area contributed by atoms with Crippen LogP contribution in [0.15, 0.2) is 0 Å². The minimum absolute atomic E-state index is 0.320. The fourth-order valence-corrected chi connectivity index (χ4v) is 2.94. The molecule has 3 nitrogen and oxygen atoms in total. The summed E-state index contributed by atoms with van der Waals surface area (Å²) in [6.07, 6.45) is 4.70. The van der Waals surface area contributed by atoms with Gasteiger partial charge in [-0.15, -0.1) is 0 Å². The Morgan fingerprint density at radius 1 is 1.33 bits per heavy atom. The van der Waals surface area contributed by atoms with Gasteiger partial charge in [0, 0.05) is 25.0 Å². The van der Waals surface area contributed by atoms with Crippen molar-refractivity contribution in [1.29, 1.82) is 0 Å². The van der Waals surface area contributed by atoms with Crippen molar-refractivity contribution in [2.75, 3.05) is 20.1 Å². The zero-order valence-electron chi connectivity index (χ0n) is 9.83. The Bertz CT molecular complexity index is 242. The Balaban J connectivity index is 1.91. The van der Waals surface area contributed by atoms with Gasteiger partial charge in [-0.2, -0.15) is 0 Å². The summed E-state index contributed by atoms with van der Waals surface area (Å²) >= 11 is 0. The van der Waals surface area contributed by atoms with Crippen molar-refractivity contribution in [2.24, 2.45) is 11.8 Å². The van der Waals surface area contributed by atoms with E-state index in [0.717, 1.165) is 25.9 Å². The van der Waals surface area contributed by atoms with E-state index >= 15 is 0 Å². The molecule has 0 aromatic carbocycles. The number of hydrogen-bond acceptors (Lipinski definition) is 2. The van der Waals surface area contributed by atoms with Gasteiger partial charge >= 0.3 is 0 Å². The van der Waals surface area contributed by atoms with E-state index in [1.807, 2.05) is 7.05 Å². The average Bonchev–Trinajstić information content (AvgIpc) is 2.84. The van der Waals surface area contributed by atoms with Crippen LogP contribution in [0.3, 0.4) is 0 Å². The summed E-state index contributed by atoms with van der Waals surface area (Å²) in [5.74, 6) is 1.34. The zero-order chi connectivity index (χ0) is 10.8. The largest absolute Gasteiger partial charge is 0.341 e. The van der Waals surface area contributed by atoms with E-state index in [-0.39, 0.29) is 0 Å². The molecule has 1 N–H and O–H groups in total. The van der Waals surface area contributed by atoms with E-state index in [0.29, 0.717) is 23.8 Å². The van der Waals surface area contributed by atoms with Gasteiger partial charge in [-0.05, 0) is 32.2 Å². The van der Waals surface area contributed by atoms with Crippen LogP contribution in [0.4, 0.5) is 0 Å². The van der Waals surface area contributed by atoms with Crippen LogP contribution in [0.25, 0.3) is 0 Å². The van der Waals surface area contributed by atoms with Crippen LogP contribution in [0.1, 0.15) is 32.6 Å². The van der Waals surface area contributed by atoms with Crippen molar-refractivity contribution in [3.05, 3.63) is 0 Å². The molecule has 1 saturated carbocycles. The molecule has 0 radical (unpaired) electrons. The number of nitrogens with zero attached hydrogens (tertiary/aromatic N) is 1. The lowest BCUT2D eigenvalue weighted by Crippen LogP contribution is -2.37. The lowest BCUT2D eigenvalue weighted by atomic mass is 9.97. The summed E-state index contributed by atoms with van der Waals surface area (Å²) in [7, 11) is 1.98. The molecular formula is C12H22N2O. The van der Waals surface area contributed by atoms with Crippen LogP contribution in [0.5, 0.6) is 0 Å². The van der Waals surface area contributed by atoms with Gasteiger partial charge < -0.3 is 10.2 Å². The Labute approximate surface area is 92.2 Å². The number of nitrogens with one attached hydrogen (secondary N) is 1. The zero-order valence-corrected chi connectivity index (χ0v) is 9.83. The summed E-state index contributed by atoms with van der Waals surface area (Å²) in [5, 5.41) is 3.26. The van der Waals surface area contributed by atoms with Crippen LogP contribution in [-0.4, -0.2) is 37.0 Å². The van der Waals surface area contributed by atoms with Gasteiger partial charge in [0.05, 0.1) is 0 Å². The minimum Gasteiger partial charge on any atom is -0.341 e. The van der Waals surface area contributed by atoms with E-state index in [9.17, 15) is 4.79 Å². The average molecular weight is 210 g/mol. The molecule has 1 saturated heterocycles. The number of rotatable bonds is 2. The lowest BCUT2D eigenvalue weighted by molar-refractivity contribution is -0.135. The van der Waals surface area contributed by atoms with Gasteiger partial charge in [0.1, 0.15) is 0 Å². The molecule has 0 aromatic rings. The number of carbonyl (C=O) groups is 1. The molecule has 1 heterocycles. The normalized spacial score (nSPS) is 36.1. The molecule has 3 heteroatoms. The van der Waals surface area contributed by atoms with Gasteiger partial charge in [0.15, 0.2) is 0 Å². The Morgan fingerprint density at radius 3 is 2.67 bits per heavy atom. The van der Waals surface area contributed by atoms with Crippen LogP contribution in [-0.2, 0) is 4.79 Å². The first-order valence-corrected chi connectivity index (χ1v) is 6.18. The monoisotopic (exact) mass is 210 g/mol. The fourth-order valence-electron chi connectivity index (χ4n) is 2.94. The van der Waals surface area contributed by atoms with E-state index in [1.54, 1.807) is 0 Å². The van der Waals surface area contributed by atoms with Crippen LogP contribution < -0.4 is 5.32 Å². The highest BCUT2D eigenvalue weighted by Gasteiger charge is 2.35. The lowest BCUT2D eigenvalue weighted by Gasteiger charge is -2.23. The predicted octanol–water partition coefficient (Wildman–Crippen LogP) is 1.24. The Hall–Kier alpha value is -0.570. The summed E-state index contributed by atoms with van der Waals surface area (Å²) < 4.78 is 0. The molecule has 0 bridgehead atoms. The maximum absolute atomic E-state index is 12.2. The highest BCUT2D eigenvalue weighted by molar-refractivity contribution is 5.79. The van der Waals surface area contributed by atoms with Crippen LogP contribution in [0, 0.1) is 11.8 Å². The molecule has 1 amide bonds. The SMILES string of the molecule is CNC1CCN(C(=O)C2CCCC2C)C1. The summed E-state index contributed by atoms with van der Waals surface area (Å²) in [4.78, 5) is 14.3.